The summed E-state index contributed by atoms with van der Waals surface area (Å²) < 4.78 is 22.1. The molecule has 0 amide bonds. The molecule has 0 saturated heterocycles. The molecule has 0 bridgehead atoms. The van der Waals surface area contributed by atoms with Crippen LogP contribution in [-0.2, 0) is 38.1 Å². The van der Waals surface area contributed by atoms with E-state index in [-0.39, 0.29) is 50.8 Å². The lowest BCUT2D eigenvalue weighted by atomic mass is 10.1. The molecule has 0 aromatic heterocycles. The lowest BCUT2D eigenvalue weighted by Gasteiger charge is -2.23. The van der Waals surface area contributed by atoms with Gasteiger partial charge in [0.2, 0.25) is 0 Å². The van der Waals surface area contributed by atoms with Gasteiger partial charge in [-0.3, -0.25) is 19.2 Å². The molecule has 0 N–H and O–H groups in total. The van der Waals surface area contributed by atoms with Crippen molar-refractivity contribution < 1.29 is 38.1 Å². The third-order valence-corrected chi connectivity index (χ3v) is 9.95. The summed E-state index contributed by atoms with van der Waals surface area (Å²) in [6.07, 6.45) is 46.6. The van der Waals surface area contributed by atoms with Crippen molar-refractivity contribution in [3.8, 4) is 0 Å². The zero-order chi connectivity index (χ0) is 41.9. The maximum atomic E-state index is 12.4. The van der Waals surface area contributed by atoms with Gasteiger partial charge in [0.25, 0.3) is 0 Å². The van der Waals surface area contributed by atoms with Gasteiger partial charge in [0.1, 0.15) is 0 Å². The number of allylic oxidation sites excluding steroid dienone is 12. The van der Waals surface area contributed by atoms with Gasteiger partial charge in [-0.2, -0.15) is 0 Å². The molecule has 0 rings (SSSR count). The number of carbonyl (C=O) groups excluding carboxylic acids is 4. The fourth-order valence-electron chi connectivity index (χ4n) is 5.26. The first-order valence-electron chi connectivity index (χ1n) is 22.1. The van der Waals surface area contributed by atoms with Gasteiger partial charge in [-0.1, -0.05) is 138 Å². The van der Waals surface area contributed by atoms with Crippen LogP contribution in [0.3, 0.4) is 0 Å². The normalized spacial score (nSPS) is 13.1. The SMILES string of the molecule is CCCCCC=CCC=CCC=CCCCCC(=O)OCCC(OC(=O)CC)SC(CCOC(=O)CCCCC=CCC=CCC=CCCCCC)OC(=O)CC. The summed E-state index contributed by atoms with van der Waals surface area (Å²) in [6.45, 7) is 7.98. The van der Waals surface area contributed by atoms with Gasteiger partial charge in [-0.05, 0) is 89.9 Å². The molecule has 0 saturated carbocycles. The smallest absolute Gasteiger partial charge is 0.306 e. The van der Waals surface area contributed by atoms with Crippen LogP contribution in [0.5, 0.6) is 0 Å². The minimum atomic E-state index is -0.697. The highest BCUT2D eigenvalue weighted by molar-refractivity contribution is 8.00. The number of hydrogen-bond donors (Lipinski definition) is 0. The summed E-state index contributed by atoms with van der Waals surface area (Å²) in [4.78, 5) is 49.1. The molecule has 0 aromatic rings. The van der Waals surface area contributed by atoms with E-state index in [1.807, 2.05) is 0 Å². The number of ether oxygens (including phenoxy) is 4. The van der Waals surface area contributed by atoms with Crippen molar-refractivity contribution in [3.63, 3.8) is 0 Å². The largest absolute Gasteiger partial charge is 0.465 e. The van der Waals surface area contributed by atoms with Gasteiger partial charge in [0, 0.05) is 38.5 Å². The Balaban J connectivity index is 4.45. The summed E-state index contributed by atoms with van der Waals surface area (Å²) in [6, 6.07) is 0. The third kappa shape index (κ3) is 39.3. The summed E-state index contributed by atoms with van der Waals surface area (Å²) in [5.41, 5.74) is -1.39. The molecule has 0 radical (unpaired) electrons. The van der Waals surface area contributed by atoms with Crippen LogP contribution < -0.4 is 0 Å². The summed E-state index contributed by atoms with van der Waals surface area (Å²) in [5, 5.41) is 0. The standard InChI is InChI=1S/C48H78O8S/c1-5-9-11-13-15-17-19-21-23-25-27-29-31-33-35-37-45(51)53-41-39-47(55-43(49)7-3)57-48(56-44(50)8-4)40-42-54-46(52)38-36-34-32-30-28-26-24-22-20-18-16-14-12-10-6-2/h15-18,21-24,27-30,47-48H,5-14,19-20,25-26,31-42H2,1-4H3. The first kappa shape index (κ1) is 53.7. The Morgan fingerprint density at radius 2 is 0.737 bits per heavy atom. The van der Waals surface area contributed by atoms with Gasteiger partial charge in [0.05, 0.1) is 13.2 Å². The number of rotatable bonds is 38. The van der Waals surface area contributed by atoms with E-state index in [1.54, 1.807) is 13.8 Å². The quantitative estimate of drug-likeness (QED) is 0.0198. The van der Waals surface area contributed by atoms with Crippen molar-refractivity contribution in [2.75, 3.05) is 13.2 Å². The average molecular weight is 815 g/mol. The molecule has 0 heterocycles. The number of hydrogen-bond acceptors (Lipinski definition) is 9. The maximum absolute atomic E-state index is 12.4. The number of thioether (sulfide) groups is 1. The zero-order valence-electron chi connectivity index (χ0n) is 36.1. The predicted molar refractivity (Wildman–Crippen MR) is 238 cm³/mol. The molecule has 2 atom stereocenters. The van der Waals surface area contributed by atoms with E-state index in [0.717, 1.165) is 76.0 Å². The first-order valence-corrected chi connectivity index (χ1v) is 23.1. The maximum Gasteiger partial charge on any atom is 0.306 e. The van der Waals surface area contributed by atoms with Crippen molar-refractivity contribution in [2.45, 2.75) is 193 Å². The monoisotopic (exact) mass is 815 g/mol. The van der Waals surface area contributed by atoms with Crippen molar-refractivity contribution >= 4 is 35.6 Å². The number of esters is 4. The zero-order valence-corrected chi connectivity index (χ0v) is 37.0. The molecule has 0 fully saturated rings. The highest BCUT2D eigenvalue weighted by atomic mass is 32.2. The van der Waals surface area contributed by atoms with Crippen LogP contribution in [0.4, 0.5) is 0 Å². The van der Waals surface area contributed by atoms with Crippen LogP contribution in [0.1, 0.15) is 182 Å². The highest BCUT2D eigenvalue weighted by Crippen LogP contribution is 2.27. The van der Waals surface area contributed by atoms with Gasteiger partial charge in [0.15, 0.2) is 10.9 Å². The van der Waals surface area contributed by atoms with Crippen LogP contribution in [0, 0.1) is 0 Å². The lowest BCUT2D eigenvalue weighted by molar-refractivity contribution is -0.148. The van der Waals surface area contributed by atoms with E-state index < -0.39 is 22.8 Å². The second-order valence-electron chi connectivity index (χ2n) is 14.0. The Morgan fingerprint density at radius 1 is 0.421 bits per heavy atom. The molecule has 9 heteroatoms. The van der Waals surface area contributed by atoms with Crippen LogP contribution in [0.2, 0.25) is 0 Å². The molecule has 2 unspecified atom stereocenters. The highest BCUT2D eigenvalue weighted by Gasteiger charge is 2.24. The van der Waals surface area contributed by atoms with Gasteiger partial charge in [-0.15, -0.1) is 0 Å². The van der Waals surface area contributed by atoms with Crippen molar-refractivity contribution in [3.05, 3.63) is 72.9 Å². The van der Waals surface area contributed by atoms with Crippen LogP contribution in [0.25, 0.3) is 0 Å². The fraction of sp³-hybridized carbons (Fsp3) is 0.667. The Bertz CT molecular complexity index is 1090. The molecular formula is C48H78O8S. The Kier molecular flexibility index (Phi) is 39.8. The molecule has 0 aliphatic heterocycles. The van der Waals surface area contributed by atoms with Crippen molar-refractivity contribution in [2.24, 2.45) is 0 Å². The summed E-state index contributed by atoms with van der Waals surface area (Å²) in [5.74, 6) is -1.40. The van der Waals surface area contributed by atoms with E-state index in [2.05, 4.69) is 86.8 Å². The second kappa shape index (κ2) is 42.3. The molecule has 8 nitrogen and oxygen atoms in total. The number of unbranched alkanes of at least 4 members (excludes halogenated alkanes) is 10. The molecular weight excluding hydrogens is 737 g/mol. The predicted octanol–water partition coefficient (Wildman–Crippen LogP) is 13.3. The first-order chi connectivity index (χ1) is 27.9. The fourth-order valence-corrected chi connectivity index (χ4v) is 6.39. The van der Waals surface area contributed by atoms with Crippen LogP contribution in [0.15, 0.2) is 72.9 Å². The van der Waals surface area contributed by atoms with Gasteiger partial charge in [-0.25, -0.2) is 0 Å². The third-order valence-electron chi connectivity index (χ3n) is 8.68. The summed E-state index contributed by atoms with van der Waals surface area (Å²) in [7, 11) is 0. The number of carbonyl (C=O) groups is 4. The van der Waals surface area contributed by atoms with Crippen LogP contribution >= 0.6 is 11.8 Å². The Morgan fingerprint density at radius 3 is 1.05 bits per heavy atom. The van der Waals surface area contributed by atoms with E-state index in [0.29, 0.717) is 12.8 Å². The topological polar surface area (TPSA) is 105 Å². The summed E-state index contributed by atoms with van der Waals surface area (Å²) >= 11 is 1.16. The van der Waals surface area contributed by atoms with E-state index in [4.69, 9.17) is 18.9 Å². The minimum Gasteiger partial charge on any atom is -0.465 e. The molecule has 0 spiro atoms. The minimum absolute atomic E-state index is 0.0693. The molecule has 0 aliphatic rings. The van der Waals surface area contributed by atoms with E-state index in [9.17, 15) is 19.2 Å². The van der Waals surface area contributed by atoms with E-state index in [1.165, 1.54) is 51.4 Å². The Labute approximate surface area is 351 Å². The van der Waals surface area contributed by atoms with Crippen molar-refractivity contribution in [1.29, 1.82) is 0 Å². The molecule has 57 heavy (non-hydrogen) atoms. The molecule has 0 aliphatic carbocycles. The molecule has 324 valence electrons. The Hall–Kier alpha value is -3.33. The second-order valence-corrected chi connectivity index (χ2v) is 15.3. The lowest BCUT2D eigenvalue weighted by Crippen LogP contribution is -2.25. The van der Waals surface area contributed by atoms with Gasteiger partial charge >= 0.3 is 23.9 Å². The average Bonchev–Trinajstić information content (AvgIpc) is 3.20. The van der Waals surface area contributed by atoms with Gasteiger partial charge < -0.3 is 18.9 Å². The van der Waals surface area contributed by atoms with E-state index >= 15 is 0 Å². The molecule has 0 aromatic carbocycles. The van der Waals surface area contributed by atoms with Crippen LogP contribution in [-0.4, -0.2) is 48.0 Å². The van der Waals surface area contributed by atoms with Crippen molar-refractivity contribution in [1.82, 2.24) is 0 Å².